The monoisotopic (exact) mass is 388 g/mol. The summed E-state index contributed by atoms with van der Waals surface area (Å²) < 4.78 is 8.10. The summed E-state index contributed by atoms with van der Waals surface area (Å²) in [6.07, 6.45) is 4.62. The van der Waals surface area contributed by atoms with Crippen molar-refractivity contribution in [3.05, 3.63) is 18.0 Å². The summed E-state index contributed by atoms with van der Waals surface area (Å²) in [5.41, 5.74) is 0.690. The van der Waals surface area contributed by atoms with Gasteiger partial charge in [0, 0.05) is 37.5 Å². The summed E-state index contributed by atoms with van der Waals surface area (Å²) >= 11 is 0. The third-order valence-corrected chi connectivity index (χ3v) is 6.43. The molecule has 1 spiro atoms. The van der Waals surface area contributed by atoms with Gasteiger partial charge in [0.05, 0.1) is 23.9 Å². The molecule has 3 aliphatic rings. The standard InChI is InChI=1S/C21H32N4O3/c1-14-6-8-25(23-14)12-19(27)24-11-16-15(10-22-18(26)9-20(2,3)4)17-5-7-21(16,13-24)28-17/h6,8,15-17H,5,7,9-13H2,1-4H3,(H,22,26)/t15-,16+,17+,21+/m0/s1. The molecule has 3 aliphatic heterocycles. The number of aryl methyl sites for hydroxylation is 1. The number of carbonyl (C=O) groups excluding carboxylic acids is 2. The molecule has 7 nitrogen and oxygen atoms in total. The van der Waals surface area contributed by atoms with Crippen LogP contribution in [0, 0.1) is 24.2 Å². The Bertz CT molecular complexity index is 768. The predicted molar refractivity (Wildman–Crippen MR) is 104 cm³/mol. The van der Waals surface area contributed by atoms with Gasteiger partial charge in [0.25, 0.3) is 0 Å². The minimum absolute atomic E-state index is 0.0160. The van der Waals surface area contributed by atoms with E-state index >= 15 is 0 Å². The fourth-order valence-corrected chi connectivity index (χ4v) is 5.22. The molecular formula is C21H32N4O3. The Labute approximate surface area is 166 Å². The van der Waals surface area contributed by atoms with Gasteiger partial charge in [0.2, 0.25) is 11.8 Å². The summed E-state index contributed by atoms with van der Waals surface area (Å²) in [4.78, 5) is 27.0. The number of ether oxygens (including phenoxy) is 1. The van der Waals surface area contributed by atoms with E-state index in [9.17, 15) is 9.59 Å². The van der Waals surface area contributed by atoms with E-state index in [2.05, 4.69) is 31.2 Å². The zero-order valence-corrected chi connectivity index (χ0v) is 17.4. The summed E-state index contributed by atoms with van der Waals surface area (Å²) in [6.45, 7) is 10.4. The molecule has 3 saturated heterocycles. The minimum atomic E-state index is -0.209. The summed E-state index contributed by atoms with van der Waals surface area (Å²) in [5, 5.41) is 7.45. The molecule has 7 heteroatoms. The van der Waals surface area contributed by atoms with E-state index in [4.69, 9.17) is 4.74 Å². The summed E-state index contributed by atoms with van der Waals surface area (Å²) in [6, 6.07) is 1.91. The molecule has 4 atom stereocenters. The van der Waals surface area contributed by atoms with Crippen LogP contribution in [-0.4, -0.2) is 57.8 Å². The molecule has 1 aromatic heterocycles. The van der Waals surface area contributed by atoms with Crippen LogP contribution in [0.1, 0.15) is 45.7 Å². The molecule has 1 aromatic rings. The number of fused-ring (bicyclic) bond motifs is 1. The average molecular weight is 389 g/mol. The van der Waals surface area contributed by atoms with Gasteiger partial charge in [-0.15, -0.1) is 0 Å². The van der Waals surface area contributed by atoms with E-state index in [1.807, 2.05) is 24.1 Å². The lowest BCUT2D eigenvalue weighted by atomic mass is 9.73. The first-order valence-corrected chi connectivity index (χ1v) is 10.4. The largest absolute Gasteiger partial charge is 0.369 e. The minimum Gasteiger partial charge on any atom is -0.369 e. The fourth-order valence-electron chi connectivity index (χ4n) is 5.22. The van der Waals surface area contributed by atoms with Crippen molar-refractivity contribution in [2.45, 2.75) is 65.2 Å². The molecule has 1 N–H and O–H groups in total. The molecule has 2 bridgehead atoms. The molecule has 28 heavy (non-hydrogen) atoms. The van der Waals surface area contributed by atoms with Gasteiger partial charge in [-0.05, 0) is 31.2 Å². The highest BCUT2D eigenvalue weighted by molar-refractivity contribution is 5.77. The fraction of sp³-hybridized carbons (Fsp3) is 0.762. The number of rotatable bonds is 5. The maximum absolute atomic E-state index is 12.8. The molecule has 154 valence electrons. The van der Waals surface area contributed by atoms with Crippen molar-refractivity contribution in [1.29, 1.82) is 0 Å². The molecule has 4 heterocycles. The number of amides is 2. The van der Waals surface area contributed by atoms with E-state index in [-0.39, 0.29) is 35.5 Å². The van der Waals surface area contributed by atoms with Crippen LogP contribution in [0.15, 0.2) is 12.3 Å². The van der Waals surface area contributed by atoms with Gasteiger partial charge in [0.15, 0.2) is 0 Å². The Morgan fingerprint density at radius 2 is 2.18 bits per heavy atom. The maximum atomic E-state index is 12.8. The van der Waals surface area contributed by atoms with Gasteiger partial charge in [-0.25, -0.2) is 0 Å². The first-order chi connectivity index (χ1) is 13.2. The normalized spacial score (nSPS) is 31.3. The number of likely N-dealkylation sites (tertiary alicyclic amines) is 1. The van der Waals surface area contributed by atoms with E-state index < -0.39 is 0 Å². The van der Waals surface area contributed by atoms with E-state index in [0.717, 1.165) is 25.1 Å². The van der Waals surface area contributed by atoms with Gasteiger partial charge in [-0.3, -0.25) is 14.3 Å². The van der Waals surface area contributed by atoms with E-state index in [1.54, 1.807) is 4.68 Å². The molecule has 0 saturated carbocycles. The topological polar surface area (TPSA) is 76.5 Å². The smallest absolute Gasteiger partial charge is 0.244 e. The number of carbonyl (C=O) groups is 2. The second-order valence-corrected chi connectivity index (χ2v) is 10.0. The van der Waals surface area contributed by atoms with Crippen molar-refractivity contribution in [2.24, 2.45) is 17.3 Å². The highest BCUT2D eigenvalue weighted by atomic mass is 16.5. The number of nitrogens with zero attached hydrogens (tertiary/aromatic N) is 3. The van der Waals surface area contributed by atoms with Crippen LogP contribution in [-0.2, 0) is 20.9 Å². The predicted octanol–water partition coefficient (Wildman–Crippen LogP) is 1.75. The van der Waals surface area contributed by atoms with Gasteiger partial charge in [0.1, 0.15) is 6.54 Å². The van der Waals surface area contributed by atoms with Crippen LogP contribution in [0.2, 0.25) is 0 Å². The maximum Gasteiger partial charge on any atom is 0.244 e. The Hall–Kier alpha value is -1.89. The SMILES string of the molecule is Cc1ccn(CC(=O)N2C[C@@H]3[C@H](CNC(=O)CC(C)(C)C)[C@H]4CC[C@]3(C2)O4)n1. The van der Waals surface area contributed by atoms with Crippen molar-refractivity contribution in [2.75, 3.05) is 19.6 Å². The number of aromatic nitrogens is 2. The van der Waals surface area contributed by atoms with Crippen molar-refractivity contribution in [1.82, 2.24) is 20.0 Å². The highest BCUT2D eigenvalue weighted by Crippen LogP contribution is 2.54. The number of nitrogens with one attached hydrogen (secondary N) is 1. The van der Waals surface area contributed by atoms with Crippen LogP contribution in [0.4, 0.5) is 0 Å². The van der Waals surface area contributed by atoms with Gasteiger partial charge in [-0.1, -0.05) is 20.8 Å². The van der Waals surface area contributed by atoms with Gasteiger partial charge < -0.3 is 15.0 Å². The van der Waals surface area contributed by atoms with Crippen LogP contribution in [0.25, 0.3) is 0 Å². The van der Waals surface area contributed by atoms with E-state index in [0.29, 0.717) is 31.3 Å². The van der Waals surface area contributed by atoms with Crippen LogP contribution < -0.4 is 5.32 Å². The highest BCUT2D eigenvalue weighted by Gasteiger charge is 2.63. The van der Waals surface area contributed by atoms with Crippen LogP contribution in [0.5, 0.6) is 0 Å². The molecule has 3 fully saturated rings. The molecule has 0 radical (unpaired) electrons. The molecule has 0 aliphatic carbocycles. The van der Waals surface area contributed by atoms with Crippen molar-refractivity contribution >= 4 is 11.8 Å². The third-order valence-electron chi connectivity index (χ3n) is 6.43. The zero-order chi connectivity index (χ0) is 20.1. The van der Waals surface area contributed by atoms with Crippen molar-refractivity contribution in [3.8, 4) is 0 Å². The third kappa shape index (κ3) is 3.69. The number of hydrogen-bond acceptors (Lipinski definition) is 4. The lowest BCUT2D eigenvalue weighted by Gasteiger charge is -2.29. The Balaban J connectivity index is 1.37. The quantitative estimate of drug-likeness (QED) is 0.834. The molecule has 0 aromatic carbocycles. The Morgan fingerprint density at radius 1 is 1.39 bits per heavy atom. The second kappa shape index (κ2) is 6.87. The van der Waals surface area contributed by atoms with E-state index in [1.165, 1.54) is 0 Å². The Kier molecular flexibility index (Phi) is 4.76. The lowest BCUT2D eigenvalue weighted by Crippen LogP contribution is -2.42. The van der Waals surface area contributed by atoms with Gasteiger partial charge >= 0.3 is 0 Å². The molecule has 2 amide bonds. The second-order valence-electron chi connectivity index (χ2n) is 10.0. The van der Waals surface area contributed by atoms with Gasteiger partial charge in [-0.2, -0.15) is 5.10 Å². The van der Waals surface area contributed by atoms with Crippen molar-refractivity contribution < 1.29 is 14.3 Å². The van der Waals surface area contributed by atoms with Crippen molar-refractivity contribution in [3.63, 3.8) is 0 Å². The summed E-state index contributed by atoms with van der Waals surface area (Å²) in [5.74, 6) is 0.797. The lowest BCUT2D eigenvalue weighted by molar-refractivity contribution is -0.132. The molecule has 0 unspecified atom stereocenters. The van der Waals surface area contributed by atoms with Crippen LogP contribution in [0.3, 0.4) is 0 Å². The molecular weight excluding hydrogens is 356 g/mol. The first-order valence-electron chi connectivity index (χ1n) is 10.4. The average Bonchev–Trinajstić information content (AvgIpc) is 3.31. The molecule has 4 rings (SSSR count). The zero-order valence-electron chi connectivity index (χ0n) is 17.4. The Morgan fingerprint density at radius 3 is 2.86 bits per heavy atom. The van der Waals surface area contributed by atoms with Crippen LogP contribution >= 0.6 is 0 Å². The summed E-state index contributed by atoms with van der Waals surface area (Å²) in [7, 11) is 0. The first kappa shape index (κ1) is 19.4. The number of hydrogen-bond donors (Lipinski definition) is 1.